The Balaban J connectivity index is 2.52. The Morgan fingerprint density at radius 3 is 2.68 bits per heavy atom. The maximum absolute atomic E-state index is 11.0. The van der Waals surface area contributed by atoms with E-state index in [1.165, 1.54) is 0 Å². The topological polar surface area (TPSA) is 175 Å². The Bertz CT molecular complexity index is 411. The van der Waals surface area contributed by atoms with Gasteiger partial charge in [-0.15, -0.1) is 0 Å². The normalized spacial score (nSPS) is 13.7. The molecule has 0 spiro atoms. The molecule has 9 heteroatoms. The van der Waals surface area contributed by atoms with E-state index in [1.807, 2.05) is 0 Å². The third-order valence-corrected chi connectivity index (χ3v) is 2.76. The zero-order valence-electron chi connectivity index (χ0n) is 10.6. The summed E-state index contributed by atoms with van der Waals surface area (Å²) in [5.41, 5.74) is 22.2. The van der Waals surface area contributed by atoms with Gasteiger partial charge in [-0.25, -0.2) is 0 Å². The number of nitrogens with two attached hydrogens (primary N) is 4. The molecular formula is C10H20N8O. The molecule has 0 saturated heterocycles. The van der Waals surface area contributed by atoms with E-state index in [4.69, 9.17) is 22.9 Å². The molecule has 1 rings (SSSR count). The number of amides is 1. The van der Waals surface area contributed by atoms with Gasteiger partial charge >= 0.3 is 0 Å². The molecule has 1 amide bonds. The summed E-state index contributed by atoms with van der Waals surface area (Å²) >= 11 is 0. The number of carbonyl (C=O) groups excluding carboxylic acids is 1. The number of hydrogen-bond donors (Lipinski definition) is 5. The van der Waals surface area contributed by atoms with E-state index in [0.717, 1.165) is 12.1 Å². The lowest BCUT2D eigenvalue weighted by Gasteiger charge is -2.17. The summed E-state index contributed by atoms with van der Waals surface area (Å²) in [4.78, 5) is 14.9. The van der Waals surface area contributed by atoms with Crippen LogP contribution in [0.4, 0.5) is 0 Å². The van der Waals surface area contributed by atoms with Crippen LogP contribution in [0.1, 0.15) is 18.5 Å². The third-order valence-electron chi connectivity index (χ3n) is 2.76. The van der Waals surface area contributed by atoms with Crippen LogP contribution in [0.15, 0.2) is 11.2 Å². The largest absolute Gasteiger partial charge is 0.370 e. The van der Waals surface area contributed by atoms with Crippen molar-refractivity contribution in [3.05, 3.63) is 11.9 Å². The summed E-state index contributed by atoms with van der Waals surface area (Å²) in [5, 5.41) is 10.2. The Morgan fingerprint density at radius 1 is 1.42 bits per heavy atom. The number of primary amides is 1. The van der Waals surface area contributed by atoms with Crippen LogP contribution in [0.25, 0.3) is 0 Å². The first-order chi connectivity index (χ1) is 8.99. The lowest BCUT2D eigenvalue weighted by Crippen LogP contribution is -2.38. The van der Waals surface area contributed by atoms with Gasteiger partial charge in [0.25, 0.3) is 0 Å². The lowest BCUT2D eigenvalue weighted by molar-refractivity contribution is -0.119. The maximum atomic E-state index is 11.0. The highest BCUT2D eigenvalue weighted by Gasteiger charge is 2.17. The Hall–Kier alpha value is -2.16. The second-order valence-electron chi connectivity index (χ2n) is 4.38. The fourth-order valence-corrected chi connectivity index (χ4v) is 1.69. The number of hydrogen-bond acceptors (Lipinski definition) is 5. The van der Waals surface area contributed by atoms with Gasteiger partial charge in [-0.3, -0.25) is 9.79 Å². The van der Waals surface area contributed by atoms with Gasteiger partial charge in [-0.1, -0.05) is 0 Å². The number of aromatic nitrogens is 3. The minimum atomic E-state index is -0.698. The zero-order valence-corrected chi connectivity index (χ0v) is 10.6. The monoisotopic (exact) mass is 268 g/mol. The third kappa shape index (κ3) is 5.82. The van der Waals surface area contributed by atoms with Gasteiger partial charge in [0.1, 0.15) is 0 Å². The minimum Gasteiger partial charge on any atom is -0.370 e. The molecule has 106 valence electrons. The van der Waals surface area contributed by atoms with Crippen LogP contribution >= 0.6 is 0 Å². The molecule has 1 aromatic heterocycles. The van der Waals surface area contributed by atoms with Crippen LogP contribution in [0, 0.1) is 5.92 Å². The first-order valence-electron chi connectivity index (χ1n) is 5.94. The van der Waals surface area contributed by atoms with Gasteiger partial charge < -0.3 is 22.9 Å². The van der Waals surface area contributed by atoms with Gasteiger partial charge in [0.2, 0.25) is 5.91 Å². The summed E-state index contributed by atoms with van der Waals surface area (Å²) in [6.07, 6.45) is 3.52. The van der Waals surface area contributed by atoms with Crippen LogP contribution in [0.2, 0.25) is 0 Å². The van der Waals surface area contributed by atoms with Gasteiger partial charge in [0.15, 0.2) is 5.96 Å². The van der Waals surface area contributed by atoms with Crippen LogP contribution < -0.4 is 22.9 Å². The van der Waals surface area contributed by atoms with Crippen molar-refractivity contribution in [2.24, 2.45) is 33.8 Å². The molecule has 19 heavy (non-hydrogen) atoms. The van der Waals surface area contributed by atoms with Gasteiger partial charge in [0.05, 0.1) is 17.9 Å². The number of rotatable bonds is 8. The molecule has 0 aromatic carbocycles. The Labute approximate surface area is 110 Å². The van der Waals surface area contributed by atoms with Gasteiger partial charge in [-0.2, -0.15) is 15.4 Å². The molecule has 1 heterocycles. The van der Waals surface area contributed by atoms with Crippen LogP contribution in [-0.2, 0) is 11.2 Å². The molecule has 9 nitrogen and oxygen atoms in total. The molecular weight excluding hydrogens is 248 g/mol. The van der Waals surface area contributed by atoms with E-state index in [1.54, 1.807) is 6.20 Å². The highest BCUT2D eigenvalue weighted by Crippen LogP contribution is 2.14. The molecule has 1 aromatic rings. The van der Waals surface area contributed by atoms with Crippen molar-refractivity contribution in [1.82, 2.24) is 15.4 Å². The van der Waals surface area contributed by atoms with Gasteiger partial charge in [-0.05, 0) is 25.2 Å². The van der Waals surface area contributed by atoms with Gasteiger partial charge in [0, 0.05) is 6.54 Å². The standard InChI is InChI=1S/C10H20N8O/c11-8(9(12)19)3-6(4-15-10(13)14)1-2-7-5-16-18-17-7/h5-6,8H,1-4,11H2,(H2,12,19)(H4,13,14,15)(H,16,17,18)/t6?,8-/m0/s1. The fraction of sp³-hybridized carbons (Fsp3) is 0.600. The molecule has 9 N–H and O–H groups in total. The Kier molecular flexibility index (Phi) is 5.73. The van der Waals surface area contributed by atoms with E-state index in [-0.39, 0.29) is 11.9 Å². The van der Waals surface area contributed by atoms with E-state index < -0.39 is 11.9 Å². The molecule has 0 fully saturated rings. The van der Waals surface area contributed by atoms with Crippen molar-refractivity contribution in [1.29, 1.82) is 0 Å². The molecule has 0 saturated carbocycles. The molecule has 0 aliphatic carbocycles. The smallest absolute Gasteiger partial charge is 0.234 e. The number of carbonyl (C=O) groups is 1. The quantitative estimate of drug-likeness (QED) is 0.264. The molecule has 1 unspecified atom stereocenters. The van der Waals surface area contributed by atoms with E-state index in [2.05, 4.69) is 20.4 Å². The average Bonchev–Trinajstić information content (AvgIpc) is 2.85. The number of aliphatic imine (C=N–C) groups is 1. The zero-order chi connectivity index (χ0) is 14.3. The maximum Gasteiger partial charge on any atom is 0.234 e. The molecule has 2 atom stereocenters. The highest BCUT2D eigenvalue weighted by atomic mass is 16.1. The van der Waals surface area contributed by atoms with Crippen molar-refractivity contribution in [3.63, 3.8) is 0 Å². The number of aryl methyl sites for hydroxylation is 1. The molecule has 0 aliphatic heterocycles. The first-order valence-corrected chi connectivity index (χ1v) is 5.94. The fourth-order valence-electron chi connectivity index (χ4n) is 1.69. The van der Waals surface area contributed by atoms with Crippen molar-refractivity contribution in [3.8, 4) is 0 Å². The van der Waals surface area contributed by atoms with Crippen LogP contribution in [0.3, 0.4) is 0 Å². The van der Waals surface area contributed by atoms with Crippen molar-refractivity contribution in [2.45, 2.75) is 25.3 Å². The Morgan fingerprint density at radius 2 is 2.16 bits per heavy atom. The van der Waals surface area contributed by atoms with Crippen LogP contribution in [0.5, 0.6) is 0 Å². The number of nitrogens with zero attached hydrogens (tertiary/aromatic N) is 3. The highest BCUT2D eigenvalue weighted by molar-refractivity contribution is 5.79. The number of aromatic amines is 1. The molecule has 0 aliphatic rings. The summed E-state index contributed by atoms with van der Waals surface area (Å²) in [6.45, 7) is 0.404. The predicted molar refractivity (Wildman–Crippen MR) is 70.7 cm³/mol. The summed E-state index contributed by atoms with van der Waals surface area (Å²) in [5.74, 6) is -0.462. The summed E-state index contributed by atoms with van der Waals surface area (Å²) < 4.78 is 0. The van der Waals surface area contributed by atoms with E-state index >= 15 is 0 Å². The van der Waals surface area contributed by atoms with Crippen LogP contribution in [-0.4, -0.2) is 39.9 Å². The van der Waals surface area contributed by atoms with Crippen molar-refractivity contribution in [2.75, 3.05) is 6.54 Å². The number of guanidine groups is 1. The summed E-state index contributed by atoms with van der Waals surface area (Å²) in [6, 6.07) is -0.698. The SMILES string of the molecule is NC(=O)[C@@H](N)CC(CCc1cn[nH]n1)CN=C(N)N. The van der Waals surface area contributed by atoms with E-state index in [9.17, 15) is 4.79 Å². The minimum absolute atomic E-state index is 0.0130. The van der Waals surface area contributed by atoms with Crippen molar-refractivity contribution < 1.29 is 4.79 Å². The number of nitrogens with one attached hydrogen (secondary N) is 1. The van der Waals surface area contributed by atoms with Crippen molar-refractivity contribution >= 4 is 11.9 Å². The second-order valence-corrected chi connectivity index (χ2v) is 4.38. The lowest BCUT2D eigenvalue weighted by atomic mass is 9.94. The number of H-pyrrole nitrogens is 1. The van der Waals surface area contributed by atoms with E-state index in [0.29, 0.717) is 19.4 Å². The predicted octanol–water partition coefficient (Wildman–Crippen LogP) is -2.17. The first kappa shape index (κ1) is 14.9. The molecule has 0 radical (unpaired) electrons. The second kappa shape index (κ2) is 7.31. The summed E-state index contributed by atoms with van der Waals surface area (Å²) in [7, 11) is 0. The molecule has 0 bridgehead atoms. The average molecular weight is 268 g/mol.